The standard InChI is InChI=1S/C22H26N2O5/c1-27-18-12-16(13-19(28-2)20(18)29-3)22(26)24-11-7-10-17(24)21(25)23-14-15-8-5-4-6-9-15/h4-6,8-9,12-13,17H,7,10-11,14H2,1-3H3,(H,23,25)/t17-/m1/s1. The van der Waals surface area contributed by atoms with Gasteiger partial charge in [0.15, 0.2) is 11.5 Å². The van der Waals surface area contributed by atoms with E-state index in [0.717, 1.165) is 12.0 Å². The summed E-state index contributed by atoms with van der Waals surface area (Å²) in [5.41, 5.74) is 1.41. The van der Waals surface area contributed by atoms with Crippen LogP contribution in [0.2, 0.25) is 0 Å². The predicted octanol–water partition coefficient (Wildman–Crippen LogP) is 2.63. The maximum atomic E-state index is 13.2. The van der Waals surface area contributed by atoms with Gasteiger partial charge in [-0.15, -0.1) is 0 Å². The minimum Gasteiger partial charge on any atom is -0.493 e. The molecule has 7 heteroatoms. The van der Waals surface area contributed by atoms with Gasteiger partial charge in [-0.2, -0.15) is 0 Å². The number of carbonyl (C=O) groups is 2. The van der Waals surface area contributed by atoms with Gasteiger partial charge in [0.25, 0.3) is 5.91 Å². The Morgan fingerprint density at radius 1 is 1.03 bits per heavy atom. The van der Waals surface area contributed by atoms with Crippen molar-refractivity contribution in [2.75, 3.05) is 27.9 Å². The summed E-state index contributed by atoms with van der Waals surface area (Å²) in [6, 6.07) is 12.4. The molecule has 3 rings (SSSR count). The third-order valence-electron chi connectivity index (χ3n) is 5.04. The SMILES string of the molecule is COc1cc(C(=O)N2CCC[C@@H]2C(=O)NCc2ccccc2)cc(OC)c1OC. The fraction of sp³-hybridized carbons (Fsp3) is 0.364. The first-order chi connectivity index (χ1) is 14.1. The van der Waals surface area contributed by atoms with Crippen LogP contribution in [0.25, 0.3) is 0 Å². The number of benzene rings is 2. The summed E-state index contributed by atoms with van der Waals surface area (Å²) in [4.78, 5) is 27.5. The topological polar surface area (TPSA) is 77.1 Å². The highest BCUT2D eigenvalue weighted by atomic mass is 16.5. The smallest absolute Gasteiger partial charge is 0.254 e. The normalized spacial score (nSPS) is 15.7. The van der Waals surface area contributed by atoms with Crippen molar-refractivity contribution in [3.8, 4) is 17.2 Å². The van der Waals surface area contributed by atoms with Crippen molar-refractivity contribution in [3.63, 3.8) is 0 Å². The van der Waals surface area contributed by atoms with E-state index in [0.29, 0.717) is 42.3 Å². The number of hydrogen-bond donors (Lipinski definition) is 1. The van der Waals surface area contributed by atoms with Crippen LogP contribution in [0, 0.1) is 0 Å². The number of hydrogen-bond acceptors (Lipinski definition) is 5. The van der Waals surface area contributed by atoms with Crippen LogP contribution in [0.3, 0.4) is 0 Å². The summed E-state index contributed by atoms with van der Waals surface area (Å²) in [7, 11) is 4.51. The van der Waals surface area contributed by atoms with Gasteiger partial charge < -0.3 is 24.4 Å². The van der Waals surface area contributed by atoms with E-state index in [4.69, 9.17) is 14.2 Å². The highest BCUT2D eigenvalue weighted by Crippen LogP contribution is 2.38. The minimum absolute atomic E-state index is 0.146. The zero-order valence-corrected chi connectivity index (χ0v) is 16.9. The second-order valence-electron chi connectivity index (χ2n) is 6.77. The molecule has 0 bridgehead atoms. The predicted molar refractivity (Wildman–Crippen MR) is 108 cm³/mol. The van der Waals surface area contributed by atoms with Crippen LogP contribution in [0.4, 0.5) is 0 Å². The van der Waals surface area contributed by atoms with Crippen molar-refractivity contribution in [1.82, 2.24) is 10.2 Å². The molecule has 0 radical (unpaired) electrons. The highest BCUT2D eigenvalue weighted by molar-refractivity contribution is 5.99. The number of amides is 2. The van der Waals surface area contributed by atoms with Gasteiger partial charge in [0.2, 0.25) is 11.7 Å². The molecule has 1 fully saturated rings. The van der Waals surface area contributed by atoms with Gasteiger partial charge in [0, 0.05) is 18.7 Å². The lowest BCUT2D eigenvalue weighted by Crippen LogP contribution is -2.45. The first-order valence-electron chi connectivity index (χ1n) is 9.51. The van der Waals surface area contributed by atoms with Gasteiger partial charge in [-0.3, -0.25) is 9.59 Å². The van der Waals surface area contributed by atoms with Crippen molar-refractivity contribution in [1.29, 1.82) is 0 Å². The van der Waals surface area contributed by atoms with Crippen LogP contribution in [0.5, 0.6) is 17.2 Å². The highest BCUT2D eigenvalue weighted by Gasteiger charge is 2.35. The molecule has 2 amide bonds. The Kier molecular flexibility index (Phi) is 6.59. The van der Waals surface area contributed by atoms with Crippen LogP contribution in [0.1, 0.15) is 28.8 Å². The van der Waals surface area contributed by atoms with Crippen molar-refractivity contribution in [3.05, 3.63) is 53.6 Å². The monoisotopic (exact) mass is 398 g/mol. The Morgan fingerprint density at radius 2 is 1.69 bits per heavy atom. The van der Waals surface area contributed by atoms with Crippen LogP contribution in [0.15, 0.2) is 42.5 Å². The average molecular weight is 398 g/mol. The van der Waals surface area contributed by atoms with E-state index in [-0.39, 0.29) is 11.8 Å². The minimum atomic E-state index is -0.495. The van der Waals surface area contributed by atoms with Crippen molar-refractivity contribution in [2.45, 2.75) is 25.4 Å². The maximum absolute atomic E-state index is 13.2. The molecular weight excluding hydrogens is 372 g/mol. The third kappa shape index (κ3) is 4.45. The largest absolute Gasteiger partial charge is 0.493 e. The Hall–Kier alpha value is -3.22. The molecular formula is C22H26N2O5. The van der Waals surface area contributed by atoms with E-state index in [2.05, 4.69) is 5.32 Å². The molecule has 1 N–H and O–H groups in total. The fourth-order valence-corrected chi connectivity index (χ4v) is 3.56. The fourth-order valence-electron chi connectivity index (χ4n) is 3.56. The number of rotatable bonds is 7. The number of carbonyl (C=O) groups excluding carboxylic acids is 2. The zero-order chi connectivity index (χ0) is 20.8. The van der Waals surface area contributed by atoms with E-state index < -0.39 is 6.04 Å². The Balaban J connectivity index is 1.76. The van der Waals surface area contributed by atoms with Gasteiger partial charge in [-0.25, -0.2) is 0 Å². The first kappa shape index (κ1) is 20.5. The summed E-state index contributed by atoms with van der Waals surface area (Å²) >= 11 is 0. The van der Waals surface area contributed by atoms with Crippen LogP contribution < -0.4 is 19.5 Å². The van der Waals surface area contributed by atoms with Gasteiger partial charge >= 0.3 is 0 Å². The Labute approximate surface area is 170 Å². The summed E-state index contributed by atoms with van der Waals surface area (Å²) < 4.78 is 16.0. The van der Waals surface area contributed by atoms with Crippen molar-refractivity contribution < 1.29 is 23.8 Å². The van der Waals surface area contributed by atoms with Crippen LogP contribution in [-0.2, 0) is 11.3 Å². The van der Waals surface area contributed by atoms with Gasteiger partial charge in [-0.05, 0) is 30.5 Å². The number of methoxy groups -OCH3 is 3. The molecule has 2 aromatic carbocycles. The van der Waals surface area contributed by atoms with Crippen LogP contribution in [-0.4, -0.2) is 50.6 Å². The Morgan fingerprint density at radius 3 is 2.28 bits per heavy atom. The molecule has 0 saturated carbocycles. The second-order valence-corrected chi connectivity index (χ2v) is 6.77. The second kappa shape index (κ2) is 9.32. The maximum Gasteiger partial charge on any atom is 0.254 e. The number of nitrogens with one attached hydrogen (secondary N) is 1. The average Bonchev–Trinajstić information content (AvgIpc) is 3.26. The molecule has 1 heterocycles. The summed E-state index contributed by atoms with van der Waals surface area (Å²) in [5, 5.41) is 2.94. The molecule has 154 valence electrons. The van der Waals surface area contributed by atoms with E-state index in [9.17, 15) is 9.59 Å². The summed E-state index contributed by atoms with van der Waals surface area (Å²) in [6.45, 7) is 0.960. The quantitative estimate of drug-likeness (QED) is 0.776. The van der Waals surface area contributed by atoms with E-state index in [1.165, 1.54) is 21.3 Å². The number of ether oxygens (including phenoxy) is 3. The van der Waals surface area contributed by atoms with Crippen LogP contribution >= 0.6 is 0 Å². The molecule has 0 aliphatic carbocycles. The number of nitrogens with zero attached hydrogens (tertiary/aromatic N) is 1. The van der Waals surface area contributed by atoms with E-state index in [1.807, 2.05) is 30.3 Å². The van der Waals surface area contributed by atoms with Gasteiger partial charge in [-0.1, -0.05) is 30.3 Å². The molecule has 1 aliphatic heterocycles. The summed E-state index contributed by atoms with van der Waals surface area (Å²) in [6.07, 6.45) is 1.41. The van der Waals surface area contributed by atoms with Gasteiger partial charge in [0.1, 0.15) is 6.04 Å². The summed E-state index contributed by atoms with van der Waals surface area (Å²) in [5.74, 6) is 0.845. The van der Waals surface area contributed by atoms with E-state index in [1.54, 1.807) is 17.0 Å². The van der Waals surface area contributed by atoms with E-state index >= 15 is 0 Å². The lowest BCUT2D eigenvalue weighted by molar-refractivity contribution is -0.125. The molecule has 1 atom stereocenters. The number of likely N-dealkylation sites (tertiary alicyclic amines) is 1. The lowest BCUT2D eigenvalue weighted by Gasteiger charge is -2.25. The molecule has 1 saturated heterocycles. The third-order valence-corrected chi connectivity index (χ3v) is 5.04. The molecule has 29 heavy (non-hydrogen) atoms. The molecule has 1 aliphatic rings. The molecule has 2 aromatic rings. The Bertz CT molecular complexity index is 844. The lowest BCUT2D eigenvalue weighted by atomic mass is 10.1. The first-order valence-corrected chi connectivity index (χ1v) is 9.51. The molecule has 7 nitrogen and oxygen atoms in total. The molecule has 0 spiro atoms. The van der Waals surface area contributed by atoms with Gasteiger partial charge in [0.05, 0.1) is 21.3 Å². The molecule has 0 aromatic heterocycles. The zero-order valence-electron chi connectivity index (χ0n) is 16.9. The van der Waals surface area contributed by atoms with Crippen molar-refractivity contribution >= 4 is 11.8 Å². The molecule has 0 unspecified atom stereocenters. The van der Waals surface area contributed by atoms with Crippen molar-refractivity contribution in [2.24, 2.45) is 0 Å².